The highest BCUT2D eigenvalue weighted by molar-refractivity contribution is 5.90. The predicted molar refractivity (Wildman–Crippen MR) is 110 cm³/mol. The van der Waals surface area contributed by atoms with Gasteiger partial charge in [-0.15, -0.1) is 10.2 Å². The Morgan fingerprint density at radius 3 is 2.93 bits per heavy atom. The summed E-state index contributed by atoms with van der Waals surface area (Å²) in [5.74, 6) is 0.438. The highest BCUT2D eigenvalue weighted by atomic mass is 16.5. The molecule has 0 aliphatic carbocycles. The van der Waals surface area contributed by atoms with E-state index >= 15 is 0 Å². The minimum absolute atomic E-state index is 0.0740. The molecular weight excluding hydrogens is 370 g/mol. The molecule has 0 saturated carbocycles. The number of hydrogen-bond donors (Lipinski definition) is 1. The van der Waals surface area contributed by atoms with Crippen molar-refractivity contribution in [2.24, 2.45) is 4.99 Å². The summed E-state index contributed by atoms with van der Waals surface area (Å²) in [5, 5.41) is 15.8. The van der Waals surface area contributed by atoms with Crippen LogP contribution in [-0.4, -0.2) is 44.0 Å². The zero-order chi connectivity index (χ0) is 20.4. The molecule has 4 heterocycles. The number of aromatic nitrogens is 5. The smallest absolute Gasteiger partial charge is 0.235 e. The lowest BCUT2D eigenvalue weighted by atomic mass is 9.99. The second-order valence-corrected chi connectivity index (χ2v) is 7.16. The van der Waals surface area contributed by atoms with E-state index in [1.54, 1.807) is 6.21 Å². The molecule has 2 atom stereocenters. The van der Waals surface area contributed by atoms with E-state index in [9.17, 15) is 0 Å². The first-order valence-corrected chi connectivity index (χ1v) is 9.78. The normalized spacial score (nSPS) is 18.8. The molecule has 0 amide bonds. The van der Waals surface area contributed by atoms with Crippen molar-refractivity contribution in [3.63, 3.8) is 0 Å². The van der Waals surface area contributed by atoms with Crippen molar-refractivity contribution in [2.45, 2.75) is 52.4 Å². The fraction of sp³-hybridized carbons (Fsp3) is 0.450. The van der Waals surface area contributed by atoms with Gasteiger partial charge in [0.25, 0.3) is 0 Å². The Hall–Kier alpha value is -3.07. The number of hydrogen-bond acceptors (Lipinski definition) is 8. The molecule has 0 spiro atoms. The molecule has 3 aromatic heterocycles. The molecule has 0 saturated heterocycles. The van der Waals surface area contributed by atoms with Gasteiger partial charge in [0.2, 0.25) is 12.3 Å². The molecule has 0 radical (unpaired) electrons. The maximum absolute atomic E-state index is 5.83. The maximum atomic E-state index is 5.83. The summed E-state index contributed by atoms with van der Waals surface area (Å²) in [7, 11) is 0. The van der Waals surface area contributed by atoms with Gasteiger partial charge in [-0.3, -0.25) is 9.67 Å². The number of allylic oxidation sites excluding steroid dienone is 1. The molecule has 4 rings (SSSR count). The minimum atomic E-state index is -0.292. The number of nitrogens with zero attached hydrogens (tertiary/aromatic N) is 6. The van der Waals surface area contributed by atoms with Gasteiger partial charge in [-0.1, -0.05) is 6.08 Å². The first-order valence-electron chi connectivity index (χ1n) is 9.78. The Morgan fingerprint density at radius 1 is 1.34 bits per heavy atom. The summed E-state index contributed by atoms with van der Waals surface area (Å²) in [6.07, 6.45) is 6.81. The van der Waals surface area contributed by atoms with Crippen LogP contribution in [0.3, 0.4) is 0 Å². The molecule has 1 unspecified atom stereocenters. The van der Waals surface area contributed by atoms with Crippen molar-refractivity contribution >= 4 is 22.9 Å². The van der Waals surface area contributed by atoms with Crippen LogP contribution in [0.15, 0.2) is 34.0 Å². The van der Waals surface area contributed by atoms with Crippen LogP contribution in [0.2, 0.25) is 0 Å². The van der Waals surface area contributed by atoms with Crippen LogP contribution in [0.25, 0.3) is 11.0 Å². The quantitative estimate of drug-likeness (QED) is 0.654. The number of dihydropyridines is 1. The lowest BCUT2D eigenvalue weighted by molar-refractivity contribution is 0.0584. The highest BCUT2D eigenvalue weighted by Gasteiger charge is 2.26. The number of pyridine rings is 1. The molecule has 0 bridgehead atoms. The third-order valence-corrected chi connectivity index (χ3v) is 4.79. The summed E-state index contributed by atoms with van der Waals surface area (Å²) in [4.78, 5) is 9.44. The van der Waals surface area contributed by atoms with E-state index in [-0.39, 0.29) is 18.2 Å². The van der Waals surface area contributed by atoms with Crippen molar-refractivity contribution in [3.8, 4) is 0 Å². The van der Waals surface area contributed by atoms with E-state index in [0.717, 1.165) is 28.1 Å². The molecule has 0 aromatic carbocycles. The Balaban J connectivity index is 1.80. The SMILES string of the molecule is CCO[C@H]1N=CC=CC1c1cc(NCc2nnco2)c2c(n1)c(C)nn2C(C)C. The van der Waals surface area contributed by atoms with Crippen molar-refractivity contribution in [3.05, 3.63) is 41.9 Å². The zero-order valence-electron chi connectivity index (χ0n) is 17.0. The van der Waals surface area contributed by atoms with Crippen LogP contribution in [0.5, 0.6) is 0 Å². The zero-order valence-corrected chi connectivity index (χ0v) is 17.0. The van der Waals surface area contributed by atoms with Crippen LogP contribution in [-0.2, 0) is 11.3 Å². The van der Waals surface area contributed by atoms with Gasteiger partial charge in [-0.2, -0.15) is 5.10 Å². The number of rotatable bonds is 7. The fourth-order valence-corrected chi connectivity index (χ4v) is 3.48. The molecule has 3 aromatic rings. The average Bonchev–Trinajstić information content (AvgIpc) is 3.35. The van der Waals surface area contributed by atoms with E-state index in [1.165, 1.54) is 6.39 Å². The average molecular weight is 395 g/mol. The number of ether oxygens (including phenoxy) is 1. The first-order chi connectivity index (χ1) is 14.1. The fourth-order valence-electron chi connectivity index (χ4n) is 3.48. The van der Waals surface area contributed by atoms with Gasteiger partial charge in [-0.25, -0.2) is 4.98 Å². The summed E-state index contributed by atoms with van der Waals surface area (Å²) < 4.78 is 13.1. The summed E-state index contributed by atoms with van der Waals surface area (Å²) in [6, 6.07) is 2.23. The lowest BCUT2D eigenvalue weighted by Crippen LogP contribution is -2.22. The number of fused-ring (bicyclic) bond motifs is 1. The third kappa shape index (κ3) is 3.77. The minimum Gasteiger partial charge on any atom is -0.426 e. The molecule has 29 heavy (non-hydrogen) atoms. The third-order valence-electron chi connectivity index (χ3n) is 4.79. The summed E-state index contributed by atoms with van der Waals surface area (Å²) in [5.41, 5.74) is 4.49. The highest BCUT2D eigenvalue weighted by Crippen LogP contribution is 2.33. The van der Waals surface area contributed by atoms with Gasteiger partial charge in [-0.05, 0) is 39.8 Å². The number of aliphatic imine (C=N–C) groups is 1. The van der Waals surface area contributed by atoms with E-state index in [0.29, 0.717) is 19.0 Å². The topological polar surface area (TPSA) is 103 Å². The van der Waals surface area contributed by atoms with Crippen LogP contribution in [0.1, 0.15) is 50.0 Å². The molecule has 1 aliphatic rings. The number of nitrogens with one attached hydrogen (secondary N) is 1. The van der Waals surface area contributed by atoms with Gasteiger partial charge in [0, 0.05) is 18.9 Å². The monoisotopic (exact) mass is 395 g/mol. The Labute approximate surface area is 168 Å². The van der Waals surface area contributed by atoms with Gasteiger partial charge in [0.15, 0.2) is 6.23 Å². The molecule has 9 heteroatoms. The van der Waals surface area contributed by atoms with E-state index in [1.807, 2.05) is 30.7 Å². The predicted octanol–water partition coefficient (Wildman–Crippen LogP) is 3.40. The van der Waals surface area contributed by atoms with Gasteiger partial charge >= 0.3 is 0 Å². The largest absolute Gasteiger partial charge is 0.426 e. The molecule has 9 nitrogen and oxygen atoms in total. The van der Waals surface area contributed by atoms with Crippen LogP contribution >= 0.6 is 0 Å². The molecule has 1 aliphatic heterocycles. The van der Waals surface area contributed by atoms with Crippen LogP contribution in [0, 0.1) is 6.92 Å². The van der Waals surface area contributed by atoms with Gasteiger partial charge in [0.05, 0.1) is 29.5 Å². The second-order valence-electron chi connectivity index (χ2n) is 7.16. The standard InChI is InChI=1S/C20H25N7O2/c1-5-28-20-14(7-6-8-21-20)15-9-16(22-10-17-25-23-11-29-17)19-18(24-15)13(4)26-27(19)12(2)3/h6-9,11-12,14,20H,5,10H2,1-4H3,(H,22,24)/t14?,20-/m1/s1. The Morgan fingerprint density at radius 2 is 2.21 bits per heavy atom. The van der Waals surface area contributed by atoms with E-state index in [4.69, 9.17) is 19.2 Å². The van der Waals surface area contributed by atoms with Crippen molar-refractivity contribution in [1.29, 1.82) is 0 Å². The molecule has 1 N–H and O–H groups in total. The summed E-state index contributed by atoms with van der Waals surface area (Å²) in [6.45, 7) is 9.15. The number of anilines is 1. The van der Waals surface area contributed by atoms with Crippen molar-refractivity contribution < 1.29 is 9.15 Å². The van der Waals surface area contributed by atoms with E-state index < -0.39 is 0 Å². The molecular formula is C20H25N7O2. The Kier molecular flexibility index (Phi) is 5.39. The van der Waals surface area contributed by atoms with Gasteiger partial charge < -0.3 is 14.5 Å². The summed E-state index contributed by atoms with van der Waals surface area (Å²) >= 11 is 0. The lowest BCUT2D eigenvalue weighted by Gasteiger charge is -2.23. The first kappa shape index (κ1) is 19.3. The second kappa shape index (κ2) is 8.12. The molecule has 152 valence electrons. The Bertz CT molecular complexity index is 1040. The number of aryl methyl sites for hydroxylation is 1. The van der Waals surface area contributed by atoms with Gasteiger partial charge in [0.1, 0.15) is 11.0 Å². The van der Waals surface area contributed by atoms with Crippen LogP contribution in [0.4, 0.5) is 5.69 Å². The maximum Gasteiger partial charge on any atom is 0.235 e. The van der Waals surface area contributed by atoms with Crippen LogP contribution < -0.4 is 5.32 Å². The van der Waals surface area contributed by atoms with E-state index in [2.05, 4.69) is 40.4 Å². The van der Waals surface area contributed by atoms with Crippen molar-refractivity contribution in [1.82, 2.24) is 25.0 Å². The van der Waals surface area contributed by atoms with Crippen molar-refractivity contribution in [2.75, 3.05) is 11.9 Å². The molecule has 0 fully saturated rings.